The van der Waals surface area contributed by atoms with Crippen LogP contribution in [0.5, 0.6) is 0 Å². The van der Waals surface area contributed by atoms with E-state index < -0.39 is 10.0 Å². The second-order valence-electron chi connectivity index (χ2n) is 7.58. The molecule has 1 N–H and O–H groups in total. The van der Waals surface area contributed by atoms with Gasteiger partial charge in [-0.25, -0.2) is 8.42 Å². The number of aromatic nitrogens is 1. The van der Waals surface area contributed by atoms with Gasteiger partial charge in [-0.15, -0.1) is 0 Å². The van der Waals surface area contributed by atoms with E-state index in [4.69, 9.17) is 0 Å². The Balaban J connectivity index is 1.83. The molecule has 6 nitrogen and oxygen atoms in total. The van der Waals surface area contributed by atoms with E-state index in [1.165, 1.54) is 0 Å². The van der Waals surface area contributed by atoms with Gasteiger partial charge in [-0.1, -0.05) is 19.8 Å². The van der Waals surface area contributed by atoms with E-state index in [1.54, 1.807) is 28.9 Å². The van der Waals surface area contributed by atoms with Crippen molar-refractivity contribution in [2.45, 2.75) is 63.3 Å². The fourth-order valence-corrected chi connectivity index (χ4v) is 5.58. The molecular formula is C18H29N3O3S. The van der Waals surface area contributed by atoms with Crippen LogP contribution < -0.4 is 5.32 Å². The van der Waals surface area contributed by atoms with Gasteiger partial charge in [0.15, 0.2) is 0 Å². The maximum absolute atomic E-state index is 13.0. The molecule has 25 heavy (non-hydrogen) atoms. The minimum Gasteiger partial charge on any atom is -0.348 e. The largest absolute Gasteiger partial charge is 0.348 e. The Morgan fingerprint density at radius 3 is 2.36 bits per heavy atom. The van der Waals surface area contributed by atoms with Gasteiger partial charge in [0, 0.05) is 31.9 Å². The second kappa shape index (κ2) is 7.11. The fraction of sp³-hybridized carbons (Fsp3) is 0.722. The van der Waals surface area contributed by atoms with Crippen LogP contribution in [0.1, 0.15) is 61.6 Å². The van der Waals surface area contributed by atoms with Crippen molar-refractivity contribution in [2.75, 3.05) is 13.1 Å². The van der Waals surface area contributed by atoms with Crippen LogP contribution >= 0.6 is 0 Å². The van der Waals surface area contributed by atoms with Crippen molar-refractivity contribution in [1.29, 1.82) is 0 Å². The van der Waals surface area contributed by atoms with Crippen LogP contribution in [0.4, 0.5) is 0 Å². The van der Waals surface area contributed by atoms with Crippen LogP contribution in [-0.2, 0) is 17.1 Å². The average molecular weight is 368 g/mol. The second-order valence-corrected chi connectivity index (χ2v) is 9.49. The van der Waals surface area contributed by atoms with Gasteiger partial charge in [-0.2, -0.15) is 4.31 Å². The van der Waals surface area contributed by atoms with Crippen LogP contribution in [0.25, 0.3) is 0 Å². The summed E-state index contributed by atoms with van der Waals surface area (Å²) in [6.45, 7) is 5.04. The molecule has 0 spiro atoms. The van der Waals surface area contributed by atoms with E-state index in [-0.39, 0.29) is 16.8 Å². The minimum absolute atomic E-state index is 0.175. The lowest BCUT2D eigenvalue weighted by Gasteiger charge is -2.29. The zero-order valence-corrected chi connectivity index (χ0v) is 16.2. The van der Waals surface area contributed by atoms with Crippen molar-refractivity contribution < 1.29 is 13.2 Å². The van der Waals surface area contributed by atoms with Crippen molar-refractivity contribution in [1.82, 2.24) is 14.2 Å². The molecule has 0 bridgehead atoms. The van der Waals surface area contributed by atoms with Gasteiger partial charge in [0.05, 0.1) is 0 Å². The molecular weight excluding hydrogens is 338 g/mol. The van der Waals surface area contributed by atoms with Gasteiger partial charge in [0.25, 0.3) is 5.91 Å². The van der Waals surface area contributed by atoms with Crippen LogP contribution in [0.3, 0.4) is 0 Å². The van der Waals surface area contributed by atoms with Gasteiger partial charge in [0.2, 0.25) is 10.0 Å². The zero-order chi connectivity index (χ0) is 18.2. The van der Waals surface area contributed by atoms with Gasteiger partial charge in [-0.3, -0.25) is 4.79 Å². The molecule has 3 rings (SSSR count). The van der Waals surface area contributed by atoms with Crippen molar-refractivity contribution >= 4 is 15.9 Å². The number of carbonyl (C=O) groups excluding carboxylic acids is 1. The summed E-state index contributed by atoms with van der Waals surface area (Å²) < 4.78 is 29.3. The Kier molecular flexibility index (Phi) is 5.25. The number of rotatable bonds is 4. The van der Waals surface area contributed by atoms with E-state index in [0.29, 0.717) is 30.4 Å². The Morgan fingerprint density at radius 2 is 1.76 bits per heavy atom. The summed E-state index contributed by atoms with van der Waals surface area (Å²) in [6.07, 6.45) is 6.08. The summed E-state index contributed by atoms with van der Waals surface area (Å²) in [5, 5.41) is 3.05. The first-order valence-electron chi connectivity index (χ1n) is 9.28. The number of hydrogen-bond donors (Lipinski definition) is 1. The lowest BCUT2D eigenvalue weighted by Crippen LogP contribution is -2.38. The van der Waals surface area contributed by atoms with Crippen LogP contribution in [-0.4, -0.2) is 42.3 Å². The molecule has 1 aromatic heterocycles. The molecule has 0 atom stereocenters. The number of amides is 1. The minimum atomic E-state index is -3.55. The van der Waals surface area contributed by atoms with E-state index in [2.05, 4.69) is 12.2 Å². The smallest absolute Gasteiger partial charge is 0.268 e. The van der Waals surface area contributed by atoms with Gasteiger partial charge < -0.3 is 9.88 Å². The molecule has 0 unspecified atom stereocenters. The third-order valence-corrected chi connectivity index (χ3v) is 7.79. The third-order valence-electron chi connectivity index (χ3n) is 5.77. The standard InChI is InChI=1S/C18H29N3O3S/c1-13-8-10-21(11-9-13)25(23,24)17-12-16(20(3)14(17)2)18(22)19-15-6-4-5-7-15/h12-13,15H,4-11H2,1-3H3,(H,19,22). The molecule has 2 fully saturated rings. The van der Waals surface area contributed by atoms with Crippen LogP contribution in [0.2, 0.25) is 0 Å². The molecule has 1 aliphatic carbocycles. The van der Waals surface area contributed by atoms with E-state index in [9.17, 15) is 13.2 Å². The number of nitrogens with zero attached hydrogens (tertiary/aromatic N) is 2. The number of carbonyl (C=O) groups is 1. The van der Waals surface area contributed by atoms with E-state index in [1.807, 2.05) is 0 Å². The maximum Gasteiger partial charge on any atom is 0.268 e. The molecule has 1 aromatic rings. The summed E-state index contributed by atoms with van der Waals surface area (Å²) in [4.78, 5) is 12.9. The molecule has 2 heterocycles. The summed E-state index contributed by atoms with van der Waals surface area (Å²) in [7, 11) is -1.79. The topological polar surface area (TPSA) is 71.4 Å². The quantitative estimate of drug-likeness (QED) is 0.888. The molecule has 1 saturated carbocycles. The SMILES string of the molecule is Cc1c(S(=O)(=O)N2CCC(C)CC2)cc(C(=O)NC2CCCC2)n1C. The Hall–Kier alpha value is -1.34. The molecule has 1 saturated heterocycles. The zero-order valence-electron chi connectivity index (χ0n) is 15.4. The summed E-state index contributed by atoms with van der Waals surface area (Å²) >= 11 is 0. The highest BCUT2D eigenvalue weighted by Crippen LogP contribution is 2.27. The predicted octanol–water partition coefficient (Wildman–Crippen LogP) is 2.43. The van der Waals surface area contributed by atoms with E-state index in [0.717, 1.165) is 38.5 Å². The molecule has 140 valence electrons. The normalized spacial score (nSPS) is 20.9. The lowest BCUT2D eigenvalue weighted by molar-refractivity contribution is 0.0929. The van der Waals surface area contributed by atoms with Gasteiger partial charge in [0.1, 0.15) is 10.6 Å². The summed E-state index contributed by atoms with van der Waals surface area (Å²) in [5.74, 6) is 0.391. The molecule has 1 amide bonds. The van der Waals surface area contributed by atoms with Crippen molar-refractivity contribution in [2.24, 2.45) is 13.0 Å². The third kappa shape index (κ3) is 3.62. The lowest BCUT2D eigenvalue weighted by atomic mass is 10.0. The van der Waals surface area contributed by atoms with Crippen LogP contribution in [0, 0.1) is 12.8 Å². The van der Waals surface area contributed by atoms with Crippen molar-refractivity contribution in [3.05, 3.63) is 17.5 Å². The number of nitrogens with one attached hydrogen (secondary N) is 1. The molecule has 0 radical (unpaired) electrons. The molecule has 1 aliphatic heterocycles. The Labute approximate surface area is 150 Å². The molecule has 2 aliphatic rings. The Morgan fingerprint density at radius 1 is 1.16 bits per heavy atom. The van der Waals surface area contributed by atoms with Gasteiger partial charge in [-0.05, 0) is 44.6 Å². The van der Waals surface area contributed by atoms with Crippen molar-refractivity contribution in [3.8, 4) is 0 Å². The predicted molar refractivity (Wildman–Crippen MR) is 97.0 cm³/mol. The molecule has 0 aromatic carbocycles. The average Bonchev–Trinajstić information content (AvgIpc) is 3.17. The summed E-state index contributed by atoms with van der Waals surface area (Å²) in [5.41, 5.74) is 1.04. The maximum atomic E-state index is 13.0. The first kappa shape index (κ1) is 18.5. The number of sulfonamides is 1. The highest BCUT2D eigenvalue weighted by Gasteiger charge is 2.32. The first-order valence-corrected chi connectivity index (χ1v) is 10.7. The summed E-state index contributed by atoms with van der Waals surface area (Å²) in [6, 6.07) is 1.76. The fourth-order valence-electron chi connectivity index (χ4n) is 3.84. The number of piperidine rings is 1. The number of hydrogen-bond acceptors (Lipinski definition) is 3. The first-order chi connectivity index (χ1) is 11.8. The van der Waals surface area contributed by atoms with Crippen molar-refractivity contribution in [3.63, 3.8) is 0 Å². The monoisotopic (exact) mass is 367 g/mol. The molecule has 7 heteroatoms. The Bertz CT molecular complexity index is 740. The van der Waals surface area contributed by atoms with Gasteiger partial charge >= 0.3 is 0 Å². The highest BCUT2D eigenvalue weighted by atomic mass is 32.2. The highest BCUT2D eigenvalue weighted by molar-refractivity contribution is 7.89. The van der Waals surface area contributed by atoms with Crippen LogP contribution in [0.15, 0.2) is 11.0 Å². The van der Waals surface area contributed by atoms with E-state index >= 15 is 0 Å².